The van der Waals surface area contributed by atoms with Gasteiger partial charge in [0.2, 0.25) is 11.6 Å². The van der Waals surface area contributed by atoms with Crippen LogP contribution in [0.2, 0.25) is 0 Å². The summed E-state index contributed by atoms with van der Waals surface area (Å²) < 4.78 is 7.70. The number of aromatic nitrogens is 2. The molecule has 0 saturated carbocycles. The van der Waals surface area contributed by atoms with Crippen LogP contribution < -0.4 is 4.74 Å². The summed E-state index contributed by atoms with van der Waals surface area (Å²) in [6.07, 6.45) is 0. The molecule has 0 bridgehead atoms. The van der Waals surface area contributed by atoms with Gasteiger partial charge in [-0.2, -0.15) is 5.10 Å². The van der Waals surface area contributed by atoms with Gasteiger partial charge in [-0.1, -0.05) is 6.07 Å². The first-order chi connectivity index (χ1) is 9.45. The van der Waals surface area contributed by atoms with Crippen molar-refractivity contribution in [3.05, 3.63) is 44.0 Å². The first kappa shape index (κ1) is 14.8. The third-order valence-corrected chi connectivity index (χ3v) is 3.66. The monoisotopic (exact) mass is 359 g/mol. The number of hydrogen-bond donors (Lipinski definition) is 0. The van der Waals surface area contributed by atoms with Crippen molar-refractivity contribution in [3.8, 4) is 11.6 Å². The average molecular weight is 361 g/mol. The molecule has 0 aliphatic heterocycles. The van der Waals surface area contributed by atoms with Gasteiger partial charge in [0.1, 0.15) is 0 Å². The molecule has 0 fully saturated rings. The fourth-order valence-corrected chi connectivity index (χ4v) is 2.55. The molecule has 1 aromatic heterocycles. The number of para-hydroxylation sites is 1. The Bertz CT molecular complexity index is 672. The quantitative estimate of drug-likeness (QED) is 0.470. The zero-order valence-electron chi connectivity index (χ0n) is 10.8. The van der Waals surface area contributed by atoms with Crippen molar-refractivity contribution < 1.29 is 9.66 Å². The van der Waals surface area contributed by atoms with Crippen molar-refractivity contribution in [1.82, 2.24) is 9.78 Å². The Hall–Kier alpha value is -1.60. The molecule has 0 saturated heterocycles. The predicted octanol–water partition coefficient (Wildman–Crippen LogP) is 3.93. The normalized spacial score (nSPS) is 10.6. The van der Waals surface area contributed by atoms with Crippen LogP contribution in [0, 0.1) is 17.0 Å². The van der Waals surface area contributed by atoms with Crippen LogP contribution in [-0.4, -0.2) is 14.7 Å². The van der Waals surface area contributed by atoms with Gasteiger partial charge in [0, 0.05) is 13.1 Å². The van der Waals surface area contributed by atoms with Crippen molar-refractivity contribution in [2.45, 2.75) is 12.8 Å². The first-order valence-electron chi connectivity index (χ1n) is 5.65. The van der Waals surface area contributed by atoms with E-state index < -0.39 is 4.92 Å². The van der Waals surface area contributed by atoms with Gasteiger partial charge >= 0.3 is 5.69 Å². The topological polar surface area (TPSA) is 70.2 Å². The lowest BCUT2D eigenvalue weighted by Gasteiger charge is -2.09. The molecular weight excluding hydrogens is 350 g/mol. The van der Waals surface area contributed by atoms with Gasteiger partial charge in [-0.3, -0.25) is 10.1 Å². The van der Waals surface area contributed by atoms with E-state index in [0.29, 0.717) is 15.9 Å². The smallest absolute Gasteiger partial charge is 0.312 e. The van der Waals surface area contributed by atoms with Crippen LogP contribution in [0.3, 0.4) is 0 Å². The van der Waals surface area contributed by atoms with E-state index in [9.17, 15) is 10.1 Å². The Labute approximate surface area is 128 Å². The molecule has 0 spiro atoms. The molecule has 20 heavy (non-hydrogen) atoms. The second-order valence-electron chi connectivity index (χ2n) is 4.07. The van der Waals surface area contributed by atoms with E-state index in [1.54, 1.807) is 26.1 Å². The molecular formula is C12H11BrClN3O3. The first-order valence-corrected chi connectivity index (χ1v) is 6.97. The number of benzene rings is 1. The van der Waals surface area contributed by atoms with Crippen LogP contribution in [0.25, 0.3) is 0 Å². The fourth-order valence-electron chi connectivity index (χ4n) is 1.80. The summed E-state index contributed by atoms with van der Waals surface area (Å²) in [4.78, 5) is 10.6. The minimum absolute atomic E-state index is 0.126. The van der Waals surface area contributed by atoms with Crippen LogP contribution in [0.15, 0.2) is 22.7 Å². The zero-order valence-corrected chi connectivity index (χ0v) is 13.1. The molecule has 0 aliphatic carbocycles. The molecule has 0 aliphatic rings. The Morgan fingerprint density at radius 2 is 2.25 bits per heavy atom. The predicted molar refractivity (Wildman–Crippen MR) is 78.4 cm³/mol. The Balaban J connectivity index is 2.53. The Kier molecular flexibility index (Phi) is 4.29. The minimum Gasteiger partial charge on any atom is -0.430 e. The minimum atomic E-state index is -0.496. The number of hydrogen-bond acceptors (Lipinski definition) is 4. The van der Waals surface area contributed by atoms with Gasteiger partial charge in [0.15, 0.2) is 0 Å². The largest absolute Gasteiger partial charge is 0.430 e. The lowest BCUT2D eigenvalue weighted by Crippen LogP contribution is -2.00. The van der Waals surface area contributed by atoms with Gasteiger partial charge in [-0.15, -0.1) is 11.6 Å². The summed E-state index contributed by atoms with van der Waals surface area (Å²) in [5.41, 5.74) is 1.31. The summed E-state index contributed by atoms with van der Waals surface area (Å²) in [6, 6.07) is 4.63. The third-order valence-electron chi connectivity index (χ3n) is 2.76. The van der Waals surface area contributed by atoms with E-state index in [1.807, 2.05) is 0 Å². The van der Waals surface area contributed by atoms with Crippen LogP contribution in [-0.2, 0) is 12.9 Å². The standard InChI is InChI=1S/C12H11BrClN3O3/c1-7-8(6-14)12(16(2)15-7)20-11-9(13)4-3-5-10(11)17(18)19/h3-5H,6H2,1-2H3. The van der Waals surface area contributed by atoms with Gasteiger partial charge in [-0.25, -0.2) is 4.68 Å². The number of halogens is 2. The van der Waals surface area contributed by atoms with Crippen LogP contribution >= 0.6 is 27.5 Å². The highest BCUT2D eigenvalue weighted by Gasteiger charge is 2.22. The van der Waals surface area contributed by atoms with Crippen molar-refractivity contribution in [1.29, 1.82) is 0 Å². The molecule has 0 radical (unpaired) electrons. The summed E-state index contributed by atoms with van der Waals surface area (Å²) in [6.45, 7) is 1.80. The molecule has 2 aromatic rings. The second kappa shape index (κ2) is 5.80. The highest BCUT2D eigenvalue weighted by molar-refractivity contribution is 9.10. The number of aryl methyl sites for hydroxylation is 2. The summed E-state index contributed by atoms with van der Waals surface area (Å²) >= 11 is 9.14. The lowest BCUT2D eigenvalue weighted by atomic mass is 10.3. The molecule has 2 rings (SSSR count). The lowest BCUT2D eigenvalue weighted by molar-refractivity contribution is -0.385. The zero-order chi connectivity index (χ0) is 14.9. The molecule has 106 valence electrons. The van der Waals surface area contributed by atoms with E-state index in [0.717, 1.165) is 5.69 Å². The molecule has 0 unspecified atom stereocenters. The molecule has 1 heterocycles. The van der Waals surface area contributed by atoms with Gasteiger partial charge in [-0.05, 0) is 28.9 Å². The van der Waals surface area contributed by atoms with E-state index >= 15 is 0 Å². The van der Waals surface area contributed by atoms with Crippen molar-refractivity contribution in [3.63, 3.8) is 0 Å². The second-order valence-corrected chi connectivity index (χ2v) is 5.20. The number of nitro benzene ring substituents is 1. The highest BCUT2D eigenvalue weighted by atomic mass is 79.9. The van der Waals surface area contributed by atoms with Gasteiger partial charge in [0.25, 0.3) is 0 Å². The molecule has 1 aromatic carbocycles. The number of nitrogens with zero attached hydrogens (tertiary/aromatic N) is 3. The maximum atomic E-state index is 11.1. The summed E-state index contributed by atoms with van der Waals surface area (Å²) in [5.74, 6) is 0.743. The third kappa shape index (κ3) is 2.64. The van der Waals surface area contributed by atoms with E-state index in [1.165, 1.54) is 10.7 Å². The summed E-state index contributed by atoms with van der Waals surface area (Å²) in [7, 11) is 1.70. The number of rotatable bonds is 4. The molecule has 0 atom stereocenters. The molecule has 0 amide bonds. The highest BCUT2D eigenvalue weighted by Crippen LogP contribution is 2.39. The number of ether oxygens (including phenoxy) is 1. The van der Waals surface area contributed by atoms with Crippen LogP contribution in [0.5, 0.6) is 11.6 Å². The molecule has 0 N–H and O–H groups in total. The average Bonchev–Trinajstić information content (AvgIpc) is 2.65. The fraction of sp³-hybridized carbons (Fsp3) is 0.250. The number of nitro groups is 1. The van der Waals surface area contributed by atoms with E-state index in [-0.39, 0.29) is 17.3 Å². The maximum absolute atomic E-state index is 11.1. The summed E-state index contributed by atoms with van der Waals surface area (Å²) in [5, 5.41) is 15.3. The van der Waals surface area contributed by atoms with E-state index in [4.69, 9.17) is 16.3 Å². The van der Waals surface area contributed by atoms with Crippen molar-refractivity contribution >= 4 is 33.2 Å². The van der Waals surface area contributed by atoms with Crippen LogP contribution in [0.1, 0.15) is 11.3 Å². The van der Waals surface area contributed by atoms with Crippen LogP contribution in [0.4, 0.5) is 5.69 Å². The maximum Gasteiger partial charge on any atom is 0.312 e. The Morgan fingerprint density at radius 3 is 2.85 bits per heavy atom. The van der Waals surface area contributed by atoms with E-state index in [2.05, 4.69) is 21.0 Å². The molecule has 8 heteroatoms. The SMILES string of the molecule is Cc1nn(C)c(Oc2c(Br)cccc2[N+](=O)[O-])c1CCl. The number of alkyl halides is 1. The van der Waals surface area contributed by atoms with Gasteiger partial charge in [0.05, 0.1) is 26.5 Å². The van der Waals surface area contributed by atoms with Gasteiger partial charge < -0.3 is 4.74 Å². The molecule has 6 nitrogen and oxygen atoms in total. The Morgan fingerprint density at radius 1 is 1.55 bits per heavy atom. The van der Waals surface area contributed by atoms with Crippen molar-refractivity contribution in [2.24, 2.45) is 7.05 Å². The van der Waals surface area contributed by atoms with Crippen molar-refractivity contribution in [2.75, 3.05) is 0 Å².